The first-order valence-corrected chi connectivity index (χ1v) is 6.58. The monoisotopic (exact) mass is 230 g/mol. The number of hydrogen-bond donors (Lipinski definition) is 1. The summed E-state index contributed by atoms with van der Waals surface area (Å²) < 4.78 is 2.46. The highest BCUT2D eigenvalue weighted by atomic mass is 15.0. The van der Waals surface area contributed by atoms with Crippen molar-refractivity contribution in [3.63, 3.8) is 0 Å². The van der Waals surface area contributed by atoms with Gasteiger partial charge in [-0.25, -0.2) is 0 Å². The van der Waals surface area contributed by atoms with Crippen LogP contribution in [0.25, 0.3) is 10.9 Å². The zero-order valence-electron chi connectivity index (χ0n) is 10.9. The predicted molar refractivity (Wildman–Crippen MR) is 74.2 cm³/mol. The van der Waals surface area contributed by atoms with E-state index in [2.05, 4.69) is 47.1 Å². The lowest BCUT2D eigenvalue weighted by Gasteiger charge is -2.10. The number of unbranched alkanes of at least 4 members (excludes halogenated alkanes) is 2. The van der Waals surface area contributed by atoms with Gasteiger partial charge in [-0.15, -0.1) is 0 Å². The molecule has 0 aliphatic carbocycles. The van der Waals surface area contributed by atoms with Gasteiger partial charge >= 0.3 is 0 Å². The number of aryl methyl sites for hydroxylation is 1. The van der Waals surface area contributed by atoms with Gasteiger partial charge in [0.05, 0.1) is 0 Å². The summed E-state index contributed by atoms with van der Waals surface area (Å²) in [6.45, 7) is 4.33. The SMILES string of the molecule is CCCCCn1c(CNC)cc2ccccc21. The van der Waals surface area contributed by atoms with Crippen LogP contribution in [-0.4, -0.2) is 11.6 Å². The van der Waals surface area contributed by atoms with Gasteiger partial charge in [0, 0.05) is 24.3 Å². The van der Waals surface area contributed by atoms with Gasteiger partial charge in [-0.3, -0.25) is 0 Å². The number of para-hydroxylation sites is 1. The number of fused-ring (bicyclic) bond motifs is 1. The quantitative estimate of drug-likeness (QED) is 0.751. The van der Waals surface area contributed by atoms with Gasteiger partial charge in [-0.1, -0.05) is 38.0 Å². The Balaban J connectivity index is 2.30. The van der Waals surface area contributed by atoms with E-state index in [1.165, 1.54) is 35.9 Å². The number of hydrogen-bond acceptors (Lipinski definition) is 1. The van der Waals surface area contributed by atoms with Crippen LogP contribution in [0.2, 0.25) is 0 Å². The lowest BCUT2D eigenvalue weighted by molar-refractivity contribution is 0.589. The van der Waals surface area contributed by atoms with Crippen molar-refractivity contribution in [2.24, 2.45) is 0 Å². The second-order valence-electron chi connectivity index (χ2n) is 4.58. The molecule has 0 amide bonds. The summed E-state index contributed by atoms with van der Waals surface area (Å²) in [5.41, 5.74) is 2.76. The Bertz CT molecular complexity index is 471. The van der Waals surface area contributed by atoms with Crippen molar-refractivity contribution in [1.82, 2.24) is 9.88 Å². The summed E-state index contributed by atoms with van der Waals surface area (Å²) in [4.78, 5) is 0. The van der Waals surface area contributed by atoms with E-state index >= 15 is 0 Å². The molecule has 0 aliphatic heterocycles. The van der Waals surface area contributed by atoms with Crippen molar-refractivity contribution in [2.45, 2.75) is 39.3 Å². The molecule has 0 unspecified atom stereocenters. The maximum atomic E-state index is 3.25. The number of nitrogens with zero attached hydrogens (tertiary/aromatic N) is 1. The molecule has 0 fully saturated rings. The summed E-state index contributed by atoms with van der Waals surface area (Å²) >= 11 is 0. The van der Waals surface area contributed by atoms with Crippen LogP contribution in [0, 0.1) is 0 Å². The molecule has 2 heteroatoms. The Kier molecular flexibility index (Phi) is 4.21. The molecule has 0 atom stereocenters. The topological polar surface area (TPSA) is 17.0 Å². The van der Waals surface area contributed by atoms with Crippen molar-refractivity contribution < 1.29 is 0 Å². The van der Waals surface area contributed by atoms with Crippen LogP contribution >= 0.6 is 0 Å². The average molecular weight is 230 g/mol. The maximum Gasteiger partial charge on any atom is 0.0482 e. The van der Waals surface area contributed by atoms with Gasteiger partial charge < -0.3 is 9.88 Å². The Morgan fingerprint density at radius 1 is 1.18 bits per heavy atom. The third kappa shape index (κ3) is 2.70. The molecule has 0 bridgehead atoms. The molecule has 17 heavy (non-hydrogen) atoms. The summed E-state index contributed by atoms with van der Waals surface area (Å²) in [5.74, 6) is 0. The maximum absolute atomic E-state index is 3.25. The van der Waals surface area contributed by atoms with Crippen molar-refractivity contribution in [2.75, 3.05) is 7.05 Å². The Hall–Kier alpha value is -1.28. The Labute approximate surface area is 104 Å². The number of rotatable bonds is 6. The van der Waals surface area contributed by atoms with E-state index < -0.39 is 0 Å². The van der Waals surface area contributed by atoms with Crippen molar-refractivity contribution in [3.8, 4) is 0 Å². The van der Waals surface area contributed by atoms with Gasteiger partial charge in [0.15, 0.2) is 0 Å². The molecule has 2 rings (SSSR count). The zero-order valence-corrected chi connectivity index (χ0v) is 10.9. The average Bonchev–Trinajstić information content (AvgIpc) is 2.69. The zero-order chi connectivity index (χ0) is 12.1. The van der Waals surface area contributed by atoms with E-state index in [-0.39, 0.29) is 0 Å². The van der Waals surface area contributed by atoms with Gasteiger partial charge in [0.25, 0.3) is 0 Å². The first kappa shape index (κ1) is 12.2. The highest BCUT2D eigenvalue weighted by Gasteiger charge is 2.06. The summed E-state index contributed by atoms with van der Waals surface area (Å²) in [7, 11) is 2.01. The van der Waals surface area contributed by atoms with Crippen LogP contribution < -0.4 is 5.32 Å². The minimum atomic E-state index is 0.945. The van der Waals surface area contributed by atoms with Gasteiger partial charge in [-0.2, -0.15) is 0 Å². The smallest absolute Gasteiger partial charge is 0.0482 e. The van der Waals surface area contributed by atoms with Crippen LogP contribution in [0.15, 0.2) is 30.3 Å². The predicted octanol–water partition coefficient (Wildman–Crippen LogP) is 3.55. The second-order valence-corrected chi connectivity index (χ2v) is 4.58. The fourth-order valence-corrected chi connectivity index (χ4v) is 2.38. The minimum absolute atomic E-state index is 0.945. The number of benzene rings is 1. The first-order chi connectivity index (χ1) is 8.36. The number of aromatic nitrogens is 1. The Morgan fingerprint density at radius 3 is 2.76 bits per heavy atom. The molecule has 1 aromatic heterocycles. The largest absolute Gasteiger partial charge is 0.343 e. The molecule has 1 N–H and O–H groups in total. The van der Waals surface area contributed by atoms with Gasteiger partial charge in [-0.05, 0) is 31.0 Å². The molecule has 0 aliphatic rings. The summed E-state index contributed by atoms with van der Waals surface area (Å²) in [6.07, 6.45) is 3.86. The molecule has 0 saturated carbocycles. The van der Waals surface area contributed by atoms with E-state index in [0.29, 0.717) is 0 Å². The molecule has 1 aromatic carbocycles. The van der Waals surface area contributed by atoms with E-state index in [4.69, 9.17) is 0 Å². The van der Waals surface area contributed by atoms with Crippen LogP contribution in [0.5, 0.6) is 0 Å². The Morgan fingerprint density at radius 2 is 2.00 bits per heavy atom. The summed E-state index contributed by atoms with van der Waals surface area (Å²) in [6, 6.07) is 11.0. The fourth-order valence-electron chi connectivity index (χ4n) is 2.38. The van der Waals surface area contributed by atoms with E-state index in [1.54, 1.807) is 0 Å². The number of nitrogens with one attached hydrogen (secondary N) is 1. The third-order valence-corrected chi connectivity index (χ3v) is 3.24. The molecule has 0 radical (unpaired) electrons. The van der Waals surface area contributed by atoms with Crippen molar-refractivity contribution in [3.05, 3.63) is 36.0 Å². The van der Waals surface area contributed by atoms with E-state index in [9.17, 15) is 0 Å². The van der Waals surface area contributed by atoms with Crippen molar-refractivity contribution >= 4 is 10.9 Å². The molecule has 92 valence electrons. The van der Waals surface area contributed by atoms with Crippen LogP contribution in [0.3, 0.4) is 0 Å². The first-order valence-electron chi connectivity index (χ1n) is 6.58. The lowest BCUT2D eigenvalue weighted by atomic mass is 10.2. The normalized spacial score (nSPS) is 11.2. The minimum Gasteiger partial charge on any atom is -0.343 e. The lowest BCUT2D eigenvalue weighted by Crippen LogP contribution is -2.11. The summed E-state index contributed by atoms with van der Waals surface area (Å²) in [5, 5.41) is 4.61. The fraction of sp³-hybridized carbons (Fsp3) is 0.467. The van der Waals surface area contributed by atoms with E-state index in [1.807, 2.05) is 7.05 Å². The second kappa shape index (κ2) is 5.87. The molecular formula is C15H22N2. The third-order valence-electron chi connectivity index (χ3n) is 3.24. The molecular weight excluding hydrogens is 208 g/mol. The molecule has 2 aromatic rings. The molecule has 0 saturated heterocycles. The highest BCUT2D eigenvalue weighted by Crippen LogP contribution is 2.20. The molecule has 0 spiro atoms. The van der Waals surface area contributed by atoms with Crippen LogP contribution in [0.4, 0.5) is 0 Å². The van der Waals surface area contributed by atoms with Gasteiger partial charge in [0.2, 0.25) is 0 Å². The van der Waals surface area contributed by atoms with Crippen LogP contribution in [0.1, 0.15) is 31.9 Å². The van der Waals surface area contributed by atoms with Crippen LogP contribution in [-0.2, 0) is 13.1 Å². The van der Waals surface area contributed by atoms with Gasteiger partial charge in [0.1, 0.15) is 0 Å². The standard InChI is InChI=1S/C15H22N2/c1-3-4-7-10-17-14(12-16-2)11-13-8-5-6-9-15(13)17/h5-6,8-9,11,16H,3-4,7,10,12H2,1-2H3. The molecule has 1 heterocycles. The van der Waals surface area contributed by atoms with E-state index in [0.717, 1.165) is 13.1 Å². The molecule has 2 nitrogen and oxygen atoms in total. The highest BCUT2D eigenvalue weighted by molar-refractivity contribution is 5.81. The van der Waals surface area contributed by atoms with Crippen molar-refractivity contribution in [1.29, 1.82) is 0 Å².